The third-order valence-electron chi connectivity index (χ3n) is 3.59. The van der Waals surface area contributed by atoms with E-state index in [-0.39, 0.29) is 0 Å². The number of benzene rings is 1. The van der Waals surface area contributed by atoms with Crippen LogP contribution in [-0.2, 0) is 17.8 Å². The van der Waals surface area contributed by atoms with Crippen LogP contribution >= 0.6 is 0 Å². The Labute approximate surface area is 123 Å². The minimum absolute atomic E-state index is 0.704. The third kappa shape index (κ3) is 5.61. The zero-order chi connectivity index (χ0) is 14.2. The van der Waals surface area contributed by atoms with Gasteiger partial charge in [0.05, 0.1) is 6.61 Å². The van der Waals surface area contributed by atoms with Crippen molar-refractivity contribution in [2.24, 2.45) is 5.92 Å². The summed E-state index contributed by atoms with van der Waals surface area (Å²) in [5.41, 5.74) is 2.80. The van der Waals surface area contributed by atoms with Gasteiger partial charge < -0.3 is 10.1 Å². The van der Waals surface area contributed by atoms with Crippen molar-refractivity contribution in [2.45, 2.75) is 33.4 Å². The Hall–Kier alpha value is -0.900. The number of hydrogen-bond donors (Lipinski definition) is 1. The molecular formula is C17H28N2O. The molecule has 1 aromatic rings. The molecule has 0 aliphatic carbocycles. The molecule has 3 nitrogen and oxygen atoms in total. The molecule has 112 valence electrons. The molecule has 1 aliphatic rings. The number of nitrogens with zero attached hydrogens (tertiary/aromatic N) is 1. The van der Waals surface area contributed by atoms with E-state index in [2.05, 4.69) is 48.3 Å². The van der Waals surface area contributed by atoms with Gasteiger partial charge in [-0.1, -0.05) is 38.1 Å². The fourth-order valence-electron chi connectivity index (χ4n) is 2.56. The third-order valence-corrected chi connectivity index (χ3v) is 3.59. The number of rotatable bonds is 6. The summed E-state index contributed by atoms with van der Waals surface area (Å²) in [4.78, 5) is 2.49. The van der Waals surface area contributed by atoms with E-state index >= 15 is 0 Å². The van der Waals surface area contributed by atoms with Crippen molar-refractivity contribution in [3.63, 3.8) is 0 Å². The Morgan fingerprint density at radius 2 is 2.05 bits per heavy atom. The van der Waals surface area contributed by atoms with E-state index in [4.69, 9.17) is 4.74 Å². The smallest absolute Gasteiger partial charge is 0.0593 e. The number of nitrogens with one attached hydrogen (secondary N) is 1. The van der Waals surface area contributed by atoms with Crippen molar-refractivity contribution in [3.8, 4) is 0 Å². The normalized spacial score (nSPS) is 17.4. The molecule has 1 fully saturated rings. The fraction of sp³-hybridized carbons (Fsp3) is 0.647. The van der Waals surface area contributed by atoms with Crippen LogP contribution in [0.3, 0.4) is 0 Å². The molecule has 0 aromatic heterocycles. The van der Waals surface area contributed by atoms with Gasteiger partial charge in [-0.3, -0.25) is 4.90 Å². The Morgan fingerprint density at radius 3 is 2.90 bits per heavy atom. The zero-order valence-electron chi connectivity index (χ0n) is 12.9. The predicted molar refractivity (Wildman–Crippen MR) is 83.7 cm³/mol. The molecule has 0 spiro atoms. The average molecular weight is 276 g/mol. The second-order valence-electron chi connectivity index (χ2n) is 6.09. The van der Waals surface area contributed by atoms with Gasteiger partial charge >= 0.3 is 0 Å². The second-order valence-corrected chi connectivity index (χ2v) is 6.09. The molecule has 1 N–H and O–H groups in total. The highest BCUT2D eigenvalue weighted by atomic mass is 16.5. The van der Waals surface area contributed by atoms with Gasteiger partial charge in [-0.15, -0.1) is 0 Å². The molecule has 0 atom stereocenters. The molecule has 3 heteroatoms. The second kappa shape index (κ2) is 8.40. The molecular weight excluding hydrogens is 248 g/mol. The van der Waals surface area contributed by atoms with E-state index in [9.17, 15) is 0 Å². The van der Waals surface area contributed by atoms with E-state index in [1.165, 1.54) is 11.1 Å². The van der Waals surface area contributed by atoms with Gasteiger partial charge in [-0.25, -0.2) is 0 Å². The zero-order valence-corrected chi connectivity index (χ0v) is 12.9. The van der Waals surface area contributed by atoms with Crippen LogP contribution in [-0.4, -0.2) is 37.7 Å². The monoisotopic (exact) mass is 276 g/mol. The summed E-state index contributed by atoms with van der Waals surface area (Å²) in [5.74, 6) is 0.704. The van der Waals surface area contributed by atoms with Crippen LogP contribution < -0.4 is 5.32 Å². The topological polar surface area (TPSA) is 24.5 Å². The largest absolute Gasteiger partial charge is 0.380 e. The van der Waals surface area contributed by atoms with Gasteiger partial charge in [0.25, 0.3) is 0 Å². The SMILES string of the molecule is CC(C)CNCc1cccc(CN2CCCOCC2)c1. The van der Waals surface area contributed by atoms with Crippen molar-refractivity contribution < 1.29 is 4.74 Å². The molecule has 1 heterocycles. The van der Waals surface area contributed by atoms with Gasteiger partial charge in [-0.2, -0.15) is 0 Å². The van der Waals surface area contributed by atoms with Crippen molar-refractivity contribution in [2.75, 3.05) is 32.8 Å². The molecule has 20 heavy (non-hydrogen) atoms. The van der Waals surface area contributed by atoms with Crippen LogP contribution in [0, 0.1) is 5.92 Å². The van der Waals surface area contributed by atoms with Crippen LogP contribution in [0.1, 0.15) is 31.4 Å². The Bertz CT molecular complexity index is 384. The maximum absolute atomic E-state index is 5.51. The minimum Gasteiger partial charge on any atom is -0.380 e. The lowest BCUT2D eigenvalue weighted by Gasteiger charge is -2.19. The average Bonchev–Trinajstić information content (AvgIpc) is 2.67. The number of hydrogen-bond acceptors (Lipinski definition) is 3. The highest BCUT2D eigenvalue weighted by molar-refractivity contribution is 5.23. The van der Waals surface area contributed by atoms with E-state index in [1.807, 2.05) is 0 Å². The van der Waals surface area contributed by atoms with E-state index in [1.54, 1.807) is 0 Å². The summed E-state index contributed by atoms with van der Waals surface area (Å²) in [5, 5.41) is 3.51. The maximum atomic E-state index is 5.51. The lowest BCUT2D eigenvalue weighted by Crippen LogP contribution is -2.26. The van der Waals surface area contributed by atoms with E-state index in [0.717, 1.165) is 52.4 Å². The van der Waals surface area contributed by atoms with E-state index < -0.39 is 0 Å². The summed E-state index contributed by atoms with van der Waals surface area (Å²) in [6.45, 7) is 11.6. The summed E-state index contributed by atoms with van der Waals surface area (Å²) < 4.78 is 5.51. The van der Waals surface area contributed by atoms with Crippen LogP contribution in [0.5, 0.6) is 0 Å². The predicted octanol–water partition coefficient (Wildman–Crippen LogP) is 2.65. The molecule has 0 saturated carbocycles. The van der Waals surface area contributed by atoms with Gasteiger partial charge in [0.15, 0.2) is 0 Å². The molecule has 0 bridgehead atoms. The standard InChI is InChI=1S/C17H28N2O/c1-15(2)12-18-13-16-5-3-6-17(11-16)14-19-7-4-9-20-10-8-19/h3,5-6,11,15,18H,4,7-10,12-14H2,1-2H3. The summed E-state index contributed by atoms with van der Waals surface area (Å²) in [6.07, 6.45) is 1.15. The Kier molecular flexibility index (Phi) is 6.51. The van der Waals surface area contributed by atoms with Crippen molar-refractivity contribution >= 4 is 0 Å². The molecule has 1 saturated heterocycles. The summed E-state index contributed by atoms with van der Waals surface area (Å²) >= 11 is 0. The summed E-state index contributed by atoms with van der Waals surface area (Å²) in [6, 6.07) is 8.95. The molecule has 1 aliphatic heterocycles. The van der Waals surface area contributed by atoms with Gasteiger partial charge in [0.1, 0.15) is 0 Å². The summed E-state index contributed by atoms with van der Waals surface area (Å²) in [7, 11) is 0. The first-order valence-electron chi connectivity index (χ1n) is 7.82. The van der Waals surface area contributed by atoms with Crippen LogP contribution in [0.15, 0.2) is 24.3 Å². The molecule has 2 rings (SSSR count). The minimum atomic E-state index is 0.704. The molecule has 1 aromatic carbocycles. The van der Waals surface area contributed by atoms with Crippen molar-refractivity contribution in [3.05, 3.63) is 35.4 Å². The van der Waals surface area contributed by atoms with Crippen LogP contribution in [0.2, 0.25) is 0 Å². The van der Waals surface area contributed by atoms with E-state index in [0.29, 0.717) is 5.92 Å². The Morgan fingerprint density at radius 1 is 1.20 bits per heavy atom. The molecule has 0 amide bonds. The first-order valence-corrected chi connectivity index (χ1v) is 7.82. The van der Waals surface area contributed by atoms with Crippen LogP contribution in [0.25, 0.3) is 0 Å². The lowest BCUT2D eigenvalue weighted by atomic mass is 10.1. The Balaban J connectivity index is 1.84. The highest BCUT2D eigenvalue weighted by Gasteiger charge is 2.09. The first-order chi connectivity index (χ1) is 9.74. The van der Waals surface area contributed by atoms with Gasteiger partial charge in [-0.05, 0) is 30.0 Å². The van der Waals surface area contributed by atoms with Crippen molar-refractivity contribution in [1.29, 1.82) is 0 Å². The van der Waals surface area contributed by atoms with Crippen molar-refractivity contribution in [1.82, 2.24) is 10.2 Å². The molecule has 0 unspecified atom stereocenters. The maximum Gasteiger partial charge on any atom is 0.0593 e. The van der Waals surface area contributed by atoms with Gasteiger partial charge in [0, 0.05) is 32.8 Å². The molecule has 0 radical (unpaired) electrons. The van der Waals surface area contributed by atoms with Crippen LogP contribution in [0.4, 0.5) is 0 Å². The highest BCUT2D eigenvalue weighted by Crippen LogP contribution is 2.10. The fourth-order valence-corrected chi connectivity index (χ4v) is 2.56. The lowest BCUT2D eigenvalue weighted by molar-refractivity contribution is 0.140. The number of ether oxygens (including phenoxy) is 1. The quantitative estimate of drug-likeness (QED) is 0.864. The van der Waals surface area contributed by atoms with Gasteiger partial charge in [0.2, 0.25) is 0 Å². The first kappa shape index (κ1) is 15.5.